The molecule has 0 saturated carbocycles. The average molecular weight is 390 g/mol. The van der Waals surface area contributed by atoms with Crippen LogP contribution in [0.5, 0.6) is 5.75 Å². The summed E-state index contributed by atoms with van der Waals surface area (Å²) >= 11 is 0. The fourth-order valence-electron chi connectivity index (χ4n) is 2.53. The summed E-state index contributed by atoms with van der Waals surface area (Å²) in [6.45, 7) is 0.328. The van der Waals surface area contributed by atoms with Gasteiger partial charge in [-0.1, -0.05) is 0 Å². The lowest BCUT2D eigenvalue weighted by Crippen LogP contribution is -2.26. The average Bonchev–Trinajstić information content (AvgIpc) is 2.73. The van der Waals surface area contributed by atoms with Crippen molar-refractivity contribution in [3.8, 4) is 5.75 Å². The Balaban J connectivity index is 2.52. The second-order valence-corrected chi connectivity index (χ2v) is 7.35. The van der Waals surface area contributed by atoms with Crippen molar-refractivity contribution in [1.29, 1.82) is 0 Å². The van der Waals surface area contributed by atoms with Crippen LogP contribution in [-0.4, -0.2) is 45.3 Å². The Morgan fingerprint density at radius 1 is 1.28 bits per heavy atom. The maximum Gasteiger partial charge on any atom is 0.501 e. The van der Waals surface area contributed by atoms with Crippen molar-refractivity contribution < 1.29 is 45.0 Å². The minimum Gasteiger partial charge on any atom is -0.493 e. The fourth-order valence-corrected chi connectivity index (χ4v) is 3.55. The van der Waals surface area contributed by atoms with Gasteiger partial charge in [-0.15, -0.1) is 0 Å². The summed E-state index contributed by atoms with van der Waals surface area (Å²) < 4.78 is 99.3. The standard InChI is InChI=1S/C14H15F5O5S/c1-23-5-2-6-24-9-3-4-10(25(21,22)14(17,18)19)11-8(9)7-13(15,16)12(11)20/h3-4,12,20H,2,5-7H2,1H3. The van der Waals surface area contributed by atoms with Crippen molar-refractivity contribution in [3.63, 3.8) is 0 Å². The number of ether oxygens (including phenoxy) is 2. The summed E-state index contributed by atoms with van der Waals surface area (Å²) in [6.07, 6.45) is -3.41. The lowest BCUT2D eigenvalue weighted by molar-refractivity contribution is -0.0978. The van der Waals surface area contributed by atoms with Crippen LogP contribution in [0.25, 0.3) is 0 Å². The Hall–Kier alpha value is -1.46. The Bertz CT molecular complexity index is 745. The van der Waals surface area contributed by atoms with E-state index in [1.807, 2.05) is 0 Å². The molecule has 1 atom stereocenters. The predicted octanol–water partition coefficient (Wildman–Crippen LogP) is 2.62. The smallest absolute Gasteiger partial charge is 0.493 e. The van der Waals surface area contributed by atoms with E-state index in [1.165, 1.54) is 7.11 Å². The van der Waals surface area contributed by atoms with Crippen molar-refractivity contribution in [3.05, 3.63) is 23.3 Å². The molecule has 0 bridgehead atoms. The van der Waals surface area contributed by atoms with E-state index in [1.54, 1.807) is 0 Å². The molecule has 0 amide bonds. The molecular formula is C14H15F5O5S. The molecule has 1 unspecified atom stereocenters. The Morgan fingerprint density at radius 3 is 2.48 bits per heavy atom. The largest absolute Gasteiger partial charge is 0.501 e. The third-order valence-corrected chi connectivity index (χ3v) is 5.25. The Morgan fingerprint density at radius 2 is 1.92 bits per heavy atom. The van der Waals surface area contributed by atoms with Crippen LogP contribution in [0.15, 0.2) is 17.0 Å². The van der Waals surface area contributed by atoms with Gasteiger partial charge < -0.3 is 14.6 Å². The molecule has 0 spiro atoms. The van der Waals surface area contributed by atoms with Crippen molar-refractivity contribution in [2.24, 2.45) is 0 Å². The molecule has 0 radical (unpaired) electrons. The van der Waals surface area contributed by atoms with Crippen LogP contribution < -0.4 is 4.74 Å². The first kappa shape index (κ1) is 19.9. The monoisotopic (exact) mass is 390 g/mol. The highest BCUT2D eigenvalue weighted by atomic mass is 32.2. The molecule has 5 nitrogen and oxygen atoms in total. The maximum atomic E-state index is 13.8. The number of hydrogen-bond donors (Lipinski definition) is 1. The van der Waals surface area contributed by atoms with Gasteiger partial charge in [0.05, 0.1) is 11.5 Å². The van der Waals surface area contributed by atoms with Crippen LogP contribution >= 0.6 is 0 Å². The second-order valence-electron chi connectivity index (χ2n) is 5.44. The molecule has 1 aliphatic carbocycles. The molecule has 0 fully saturated rings. The van der Waals surface area contributed by atoms with Gasteiger partial charge in [0.25, 0.3) is 15.8 Å². The van der Waals surface area contributed by atoms with Gasteiger partial charge in [-0.05, 0) is 12.1 Å². The number of fused-ring (bicyclic) bond motifs is 1. The molecule has 0 saturated heterocycles. The van der Waals surface area contributed by atoms with Crippen LogP contribution in [0.2, 0.25) is 0 Å². The van der Waals surface area contributed by atoms with Gasteiger partial charge in [-0.3, -0.25) is 0 Å². The van der Waals surface area contributed by atoms with Gasteiger partial charge in [0.2, 0.25) is 0 Å². The molecule has 11 heteroatoms. The van der Waals surface area contributed by atoms with Gasteiger partial charge in [-0.25, -0.2) is 17.2 Å². The van der Waals surface area contributed by atoms with E-state index < -0.39 is 49.8 Å². The van der Waals surface area contributed by atoms with Crippen LogP contribution in [0.3, 0.4) is 0 Å². The highest BCUT2D eigenvalue weighted by molar-refractivity contribution is 7.92. The Labute approximate surface area is 140 Å². The molecule has 25 heavy (non-hydrogen) atoms. The summed E-state index contributed by atoms with van der Waals surface area (Å²) in [6, 6.07) is 1.41. The zero-order chi connectivity index (χ0) is 19.0. The van der Waals surface area contributed by atoms with E-state index in [4.69, 9.17) is 9.47 Å². The molecule has 1 aliphatic rings. The van der Waals surface area contributed by atoms with Crippen LogP contribution in [-0.2, 0) is 21.0 Å². The molecule has 142 valence electrons. The van der Waals surface area contributed by atoms with E-state index in [9.17, 15) is 35.5 Å². The van der Waals surface area contributed by atoms with Gasteiger partial charge in [-0.2, -0.15) is 13.2 Å². The first-order chi connectivity index (χ1) is 11.4. The number of methoxy groups -OCH3 is 1. The lowest BCUT2D eigenvalue weighted by atomic mass is 10.1. The molecule has 2 rings (SSSR count). The number of rotatable bonds is 6. The normalized spacial score (nSPS) is 19.7. The van der Waals surface area contributed by atoms with E-state index in [0.717, 1.165) is 6.07 Å². The van der Waals surface area contributed by atoms with E-state index in [0.29, 0.717) is 19.1 Å². The summed E-state index contributed by atoms with van der Waals surface area (Å²) in [7, 11) is -4.46. The van der Waals surface area contributed by atoms with E-state index in [2.05, 4.69) is 0 Å². The number of alkyl halides is 5. The van der Waals surface area contributed by atoms with Gasteiger partial charge in [0.15, 0.2) is 0 Å². The molecule has 0 aliphatic heterocycles. The van der Waals surface area contributed by atoms with Crippen LogP contribution in [0.1, 0.15) is 23.7 Å². The first-order valence-electron chi connectivity index (χ1n) is 7.08. The summed E-state index contributed by atoms with van der Waals surface area (Å²) in [5.41, 5.74) is -7.09. The second kappa shape index (κ2) is 6.69. The van der Waals surface area contributed by atoms with Gasteiger partial charge in [0, 0.05) is 37.7 Å². The quantitative estimate of drug-likeness (QED) is 0.597. The number of halogens is 5. The Kier molecular flexibility index (Phi) is 5.31. The van der Waals surface area contributed by atoms with Crippen molar-refractivity contribution in [1.82, 2.24) is 0 Å². The third-order valence-electron chi connectivity index (χ3n) is 3.70. The molecular weight excluding hydrogens is 375 g/mol. The molecule has 1 aromatic carbocycles. The highest BCUT2D eigenvalue weighted by Gasteiger charge is 2.55. The topological polar surface area (TPSA) is 72.8 Å². The third kappa shape index (κ3) is 3.58. The van der Waals surface area contributed by atoms with Crippen molar-refractivity contribution in [2.45, 2.75) is 35.3 Å². The highest BCUT2D eigenvalue weighted by Crippen LogP contribution is 2.50. The predicted molar refractivity (Wildman–Crippen MR) is 75.3 cm³/mol. The number of aliphatic hydroxyl groups excluding tert-OH is 1. The molecule has 1 aromatic rings. The summed E-state index contributed by atoms with van der Waals surface area (Å²) in [5.74, 6) is -3.99. The summed E-state index contributed by atoms with van der Waals surface area (Å²) in [5, 5.41) is 9.70. The molecule has 1 N–H and O–H groups in total. The zero-order valence-corrected chi connectivity index (χ0v) is 13.8. The van der Waals surface area contributed by atoms with Crippen LogP contribution in [0.4, 0.5) is 22.0 Å². The van der Waals surface area contributed by atoms with Crippen molar-refractivity contribution in [2.75, 3.05) is 20.3 Å². The van der Waals surface area contributed by atoms with Gasteiger partial charge in [0.1, 0.15) is 11.9 Å². The number of benzene rings is 1. The summed E-state index contributed by atoms with van der Waals surface area (Å²) in [4.78, 5) is -1.39. The van der Waals surface area contributed by atoms with Gasteiger partial charge >= 0.3 is 5.51 Å². The van der Waals surface area contributed by atoms with Crippen molar-refractivity contribution >= 4 is 9.84 Å². The SMILES string of the molecule is COCCCOc1ccc(S(=O)(=O)C(F)(F)F)c2c1CC(F)(F)C2O. The zero-order valence-electron chi connectivity index (χ0n) is 12.9. The fraction of sp³-hybridized carbons (Fsp3) is 0.571. The number of sulfone groups is 1. The van der Waals surface area contributed by atoms with E-state index >= 15 is 0 Å². The van der Waals surface area contributed by atoms with E-state index in [-0.39, 0.29) is 12.4 Å². The lowest BCUT2D eigenvalue weighted by Gasteiger charge is -2.17. The first-order valence-corrected chi connectivity index (χ1v) is 8.56. The minimum absolute atomic E-state index is 0.0211. The number of aliphatic hydroxyl groups is 1. The number of hydrogen-bond acceptors (Lipinski definition) is 5. The molecule has 0 heterocycles. The maximum absolute atomic E-state index is 13.8. The molecule has 0 aromatic heterocycles. The minimum atomic E-state index is -5.90. The van der Waals surface area contributed by atoms with Crippen LogP contribution in [0, 0.1) is 0 Å².